The molecule has 0 aliphatic rings. The van der Waals surface area contributed by atoms with Crippen LogP contribution in [0.4, 0.5) is 21.2 Å². The van der Waals surface area contributed by atoms with Crippen molar-refractivity contribution < 1.29 is 19.1 Å². The number of nitrogens with zero attached hydrogens (tertiary/aromatic N) is 2. The number of ether oxygens (including phenoxy) is 1. The molecule has 0 aliphatic carbocycles. The van der Waals surface area contributed by atoms with Gasteiger partial charge in [-0.1, -0.05) is 22.2 Å². The molecule has 1 heterocycles. The molecule has 9 nitrogen and oxygen atoms in total. The lowest BCUT2D eigenvalue weighted by Crippen LogP contribution is -2.21. The van der Waals surface area contributed by atoms with E-state index in [-0.39, 0.29) is 17.3 Å². The number of hydrogen-bond donors (Lipinski definition) is 3. The molecule has 3 amide bonds. The van der Waals surface area contributed by atoms with Crippen LogP contribution in [0.25, 0.3) is 0 Å². The maximum atomic E-state index is 12.5. The summed E-state index contributed by atoms with van der Waals surface area (Å²) in [5.74, 6) is -0.983. The number of amides is 3. The molecule has 0 unspecified atom stereocenters. The third kappa shape index (κ3) is 5.39. The summed E-state index contributed by atoms with van der Waals surface area (Å²) >= 11 is 0.887. The van der Waals surface area contributed by atoms with Crippen LogP contribution in [0.15, 0.2) is 48.5 Å². The number of anilines is 3. The van der Waals surface area contributed by atoms with Crippen LogP contribution in [0.3, 0.4) is 0 Å². The molecule has 1 aromatic heterocycles. The smallest absolute Gasteiger partial charge is 0.338 e. The Morgan fingerprint density at radius 3 is 2.23 bits per heavy atom. The van der Waals surface area contributed by atoms with Gasteiger partial charge in [-0.05, 0) is 50.2 Å². The van der Waals surface area contributed by atoms with Crippen LogP contribution in [-0.4, -0.2) is 34.1 Å². The van der Waals surface area contributed by atoms with Gasteiger partial charge in [0.1, 0.15) is 0 Å². The third-order valence-corrected chi connectivity index (χ3v) is 4.53. The summed E-state index contributed by atoms with van der Waals surface area (Å²) in [6.07, 6.45) is 0. The average Bonchev–Trinajstić information content (AvgIpc) is 3.18. The van der Waals surface area contributed by atoms with E-state index in [9.17, 15) is 14.4 Å². The summed E-state index contributed by atoms with van der Waals surface area (Å²) < 4.78 is 8.66. The fourth-order valence-electron chi connectivity index (χ4n) is 2.42. The van der Waals surface area contributed by atoms with Gasteiger partial charge in [-0.2, -0.15) is 0 Å². The van der Waals surface area contributed by atoms with Gasteiger partial charge in [0.15, 0.2) is 10.7 Å². The Balaban J connectivity index is 1.62. The molecule has 30 heavy (non-hydrogen) atoms. The molecule has 3 aromatic rings. The topological polar surface area (TPSA) is 122 Å². The first-order chi connectivity index (χ1) is 14.5. The minimum absolute atomic E-state index is 0.0199. The summed E-state index contributed by atoms with van der Waals surface area (Å²) in [6.45, 7) is 3.95. The normalized spacial score (nSPS) is 10.2. The van der Waals surface area contributed by atoms with Gasteiger partial charge in [-0.3, -0.25) is 10.1 Å². The van der Waals surface area contributed by atoms with Crippen LogP contribution in [0.1, 0.15) is 33.3 Å². The highest BCUT2D eigenvalue weighted by Gasteiger charge is 2.19. The zero-order valence-corrected chi connectivity index (χ0v) is 17.1. The Morgan fingerprint density at radius 1 is 0.933 bits per heavy atom. The van der Waals surface area contributed by atoms with E-state index in [4.69, 9.17) is 4.74 Å². The Labute approximate surface area is 176 Å². The van der Waals surface area contributed by atoms with E-state index in [0.717, 1.165) is 17.1 Å². The van der Waals surface area contributed by atoms with Crippen molar-refractivity contribution in [3.05, 3.63) is 65.4 Å². The summed E-state index contributed by atoms with van der Waals surface area (Å²) in [6, 6.07) is 13.0. The van der Waals surface area contributed by atoms with Crippen molar-refractivity contribution in [1.82, 2.24) is 9.59 Å². The van der Waals surface area contributed by atoms with E-state index in [1.165, 1.54) is 0 Å². The molecule has 0 bridgehead atoms. The van der Waals surface area contributed by atoms with Crippen LogP contribution < -0.4 is 16.0 Å². The number of carbonyl (C=O) groups is 3. The SMILES string of the molecule is CCOC(=O)c1ccc(NC(=O)c2nnsc2NC(=O)Nc2ccc(C)cc2)cc1. The van der Waals surface area contributed by atoms with E-state index in [1.807, 2.05) is 19.1 Å². The minimum atomic E-state index is -0.543. The lowest BCUT2D eigenvalue weighted by atomic mass is 10.2. The minimum Gasteiger partial charge on any atom is -0.462 e. The lowest BCUT2D eigenvalue weighted by Gasteiger charge is -2.08. The first-order valence-corrected chi connectivity index (χ1v) is 9.79. The molecule has 10 heteroatoms. The maximum absolute atomic E-state index is 12.5. The number of benzene rings is 2. The van der Waals surface area contributed by atoms with Crippen LogP contribution in [0.2, 0.25) is 0 Å². The fourth-order valence-corrected chi connectivity index (χ4v) is 2.98. The van der Waals surface area contributed by atoms with Crippen molar-refractivity contribution in [3.63, 3.8) is 0 Å². The monoisotopic (exact) mass is 425 g/mol. The molecule has 0 spiro atoms. The van der Waals surface area contributed by atoms with E-state index in [0.29, 0.717) is 16.9 Å². The van der Waals surface area contributed by atoms with E-state index < -0.39 is 17.9 Å². The molecular formula is C20H19N5O4S. The van der Waals surface area contributed by atoms with Crippen LogP contribution >= 0.6 is 11.5 Å². The van der Waals surface area contributed by atoms with Crippen molar-refractivity contribution >= 4 is 45.8 Å². The standard InChI is InChI=1S/C20H19N5O4S/c1-3-29-19(27)13-6-10-14(11-7-13)21-17(26)16-18(30-25-24-16)23-20(28)22-15-8-4-12(2)5-9-15/h4-11H,3H2,1-2H3,(H,21,26)(H2,22,23,28). The number of rotatable bonds is 6. The Bertz CT molecular complexity index is 1050. The van der Waals surface area contributed by atoms with Crippen molar-refractivity contribution in [2.24, 2.45) is 0 Å². The number of aromatic nitrogens is 2. The highest BCUT2D eigenvalue weighted by atomic mass is 32.1. The lowest BCUT2D eigenvalue weighted by molar-refractivity contribution is 0.0526. The summed E-state index contributed by atoms with van der Waals surface area (Å²) in [5.41, 5.74) is 2.50. The van der Waals surface area contributed by atoms with Crippen molar-refractivity contribution in [2.75, 3.05) is 22.6 Å². The summed E-state index contributed by atoms with van der Waals surface area (Å²) in [7, 11) is 0. The summed E-state index contributed by atoms with van der Waals surface area (Å²) in [4.78, 5) is 36.4. The van der Waals surface area contributed by atoms with Gasteiger partial charge in [0.2, 0.25) is 0 Å². The Hall–Kier alpha value is -3.79. The molecule has 0 saturated carbocycles. The van der Waals surface area contributed by atoms with Crippen molar-refractivity contribution in [2.45, 2.75) is 13.8 Å². The summed E-state index contributed by atoms with van der Waals surface area (Å²) in [5, 5.41) is 11.9. The van der Waals surface area contributed by atoms with Gasteiger partial charge in [0, 0.05) is 22.9 Å². The number of nitrogens with one attached hydrogen (secondary N) is 3. The Morgan fingerprint density at radius 2 is 1.57 bits per heavy atom. The first kappa shape index (κ1) is 20.9. The molecule has 2 aromatic carbocycles. The highest BCUT2D eigenvalue weighted by molar-refractivity contribution is 7.10. The second kappa shape index (κ2) is 9.61. The van der Waals surface area contributed by atoms with Crippen LogP contribution in [-0.2, 0) is 4.74 Å². The Kier molecular flexibility index (Phi) is 6.71. The van der Waals surface area contributed by atoms with Gasteiger partial charge in [-0.15, -0.1) is 5.10 Å². The van der Waals surface area contributed by atoms with E-state index in [1.54, 1.807) is 43.3 Å². The van der Waals surface area contributed by atoms with Gasteiger partial charge in [0.05, 0.1) is 12.2 Å². The number of urea groups is 1. The van der Waals surface area contributed by atoms with Crippen LogP contribution in [0, 0.1) is 6.92 Å². The second-order valence-corrected chi connectivity index (χ2v) is 6.90. The van der Waals surface area contributed by atoms with Gasteiger partial charge in [0.25, 0.3) is 5.91 Å². The predicted octanol–water partition coefficient (Wildman–Crippen LogP) is 3.92. The number of aryl methyl sites for hydroxylation is 1. The third-order valence-electron chi connectivity index (χ3n) is 3.89. The van der Waals surface area contributed by atoms with Gasteiger partial charge >= 0.3 is 12.0 Å². The largest absolute Gasteiger partial charge is 0.462 e. The van der Waals surface area contributed by atoms with E-state index in [2.05, 4.69) is 25.5 Å². The molecule has 0 fully saturated rings. The van der Waals surface area contributed by atoms with Crippen molar-refractivity contribution in [3.8, 4) is 0 Å². The molecule has 0 atom stereocenters. The van der Waals surface area contributed by atoms with Crippen LogP contribution in [0.5, 0.6) is 0 Å². The second-order valence-electron chi connectivity index (χ2n) is 6.15. The fraction of sp³-hybridized carbons (Fsp3) is 0.150. The highest BCUT2D eigenvalue weighted by Crippen LogP contribution is 2.20. The zero-order chi connectivity index (χ0) is 21.5. The molecular weight excluding hydrogens is 406 g/mol. The number of carbonyl (C=O) groups excluding carboxylic acids is 3. The quantitative estimate of drug-likeness (QED) is 0.515. The van der Waals surface area contributed by atoms with E-state index >= 15 is 0 Å². The zero-order valence-electron chi connectivity index (χ0n) is 16.3. The molecule has 3 rings (SSSR count). The number of esters is 1. The maximum Gasteiger partial charge on any atom is 0.338 e. The van der Waals surface area contributed by atoms with Gasteiger partial charge in [-0.25, -0.2) is 9.59 Å². The molecule has 0 saturated heterocycles. The molecule has 154 valence electrons. The predicted molar refractivity (Wildman–Crippen MR) is 114 cm³/mol. The molecule has 0 aliphatic heterocycles. The number of hydrogen-bond acceptors (Lipinski definition) is 7. The van der Waals surface area contributed by atoms with Crippen molar-refractivity contribution in [1.29, 1.82) is 0 Å². The van der Waals surface area contributed by atoms with Gasteiger partial charge < -0.3 is 15.4 Å². The first-order valence-electron chi connectivity index (χ1n) is 9.02. The average molecular weight is 425 g/mol. The molecule has 0 radical (unpaired) electrons. The molecule has 3 N–H and O–H groups in total.